The zero-order valence-electron chi connectivity index (χ0n) is 4.48. The van der Waals surface area contributed by atoms with E-state index in [9.17, 15) is 9.36 Å². The van der Waals surface area contributed by atoms with Crippen LogP contribution in [-0.2, 0) is 14.1 Å². The summed E-state index contributed by atoms with van der Waals surface area (Å²) in [7, 11) is -4.00. The van der Waals surface area contributed by atoms with E-state index < -0.39 is 13.8 Å². The molecule has 0 heterocycles. The van der Waals surface area contributed by atoms with E-state index in [0.717, 1.165) is 6.47 Å². The lowest BCUT2D eigenvalue weighted by Crippen LogP contribution is -1.98. The lowest BCUT2D eigenvalue weighted by atomic mass is 10.9. The largest absolute Gasteiger partial charge is 0.457 e. The first-order chi connectivity index (χ1) is 4.06. The zero-order chi connectivity index (χ0) is 7.33. The average molecular weight is 153 g/mol. The number of carbonyl (C=O) groups excluding carboxylic acids is 1. The molecule has 0 aliphatic rings. The van der Waals surface area contributed by atoms with Crippen molar-refractivity contribution in [2.45, 2.75) is 0 Å². The third-order valence-electron chi connectivity index (χ3n) is 0.544. The molecule has 0 spiro atoms. The molecule has 0 aromatic rings. The fourth-order valence-electron chi connectivity index (χ4n) is 0.206. The van der Waals surface area contributed by atoms with Crippen LogP contribution in [0.3, 0.4) is 0 Å². The molecule has 0 bridgehead atoms. The van der Waals surface area contributed by atoms with Gasteiger partial charge in [0.25, 0.3) is 0 Å². The molecule has 0 aliphatic heterocycles. The molecule has 53 valence electrons. The van der Waals surface area contributed by atoms with E-state index in [0.29, 0.717) is 0 Å². The van der Waals surface area contributed by atoms with Crippen molar-refractivity contribution in [2.24, 2.45) is 0 Å². The van der Waals surface area contributed by atoms with Crippen LogP contribution in [0.1, 0.15) is 0 Å². The predicted octanol–water partition coefficient (Wildman–Crippen LogP) is -0.752. The topological polar surface area (TPSA) is 83.8 Å². The molecule has 0 amide bonds. The van der Waals surface area contributed by atoms with E-state index in [-0.39, 0.29) is 6.61 Å². The summed E-state index contributed by atoms with van der Waals surface area (Å²) in [6, 6.07) is 0. The highest BCUT2D eigenvalue weighted by Gasteiger charge is 2.11. The van der Waals surface area contributed by atoms with Gasteiger partial charge in [0.1, 0.15) is 6.61 Å². The average Bonchev–Trinajstić information content (AvgIpc) is 1.63. The van der Waals surface area contributed by atoms with E-state index >= 15 is 0 Å². The molecule has 0 aromatic heterocycles. The Kier molecular flexibility index (Phi) is 3.46. The summed E-state index contributed by atoms with van der Waals surface area (Å²) >= 11 is 0. The minimum Gasteiger partial charge on any atom is -0.457 e. The molecule has 2 N–H and O–H groups in total. The third-order valence-corrected chi connectivity index (χ3v) is 1.31. The van der Waals surface area contributed by atoms with Crippen LogP contribution in [0.2, 0.25) is 0 Å². The van der Waals surface area contributed by atoms with Gasteiger partial charge in [-0.1, -0.05) is 0 Å². The Bertz CT molecular complexity index is 126. The van der Waals surface area contributed by atoms with E-state index in [1.807, 2.05) is 0 Å². The minimum absolute atomic E-state index is 0.284. The van der Waals surface area contributed by atoms with E-state index in [1.54, 1.807) is 0 Å². The van der Waals surface area contributed by atoms with Gasteiger partial charge in [-0.15, -0.1) is 0 Å². The van der Waals surface area contributed by atoms with E-state index in [1.165, 1.54) is 0 Å². The second-order valence-electron chi connectivity index (χ2n) is 1.32. The van der Waals surface area contributed by atoms with Crippen molar-refractivity contribution in [2.75, 3.05) is 12.8 Å². The zero-order valence-corrected chi connectivity index (χ0v) is 5.38. The Morgan fingerprint density at radius 3 is 2.44 bits per heavy atom. The standard InChI is InChI=1S/C3H6O5P/c4-3-8-1-2-9(5,6)7/h1-2H2,(H2,5,6,7). The van der Waals surface area contributed by atoms with Crippen molar-refractivity contribution >= 4 is 14.1 Å². The maximum Gasteiger partial charge on any atom is 0.417 e. The van der Waals surface area contributed by atoms with E-state index in [2.05, 4.69) is 4.74 Å². The molecule has 5 nitrogen and oxygen atoms in total. The first kappa shape index (κ1) is 8.62. The molecular weight excluding hydrogens is 147 g/mol. The van der Waals surface area contributed by atoms with Crippen molar-refractivity contribution in [3.8, 4) is 0 Å². The summed E-state index contributed by atoms with van der Waals surface area (Å²) in [5, 5.41) is 0. The molecule has 0 saturated carbocycles. The SMILES string of the molecule is O=[C]OCCP(=O)(O)O. The van der Waals surface area contributed by atoms with Gasteiger partial charge in [-0.05, 0) is 0 Å². The van der Waals surface area contributed by atoms with Crippen LogP contribution < -0.4 is 0 Å². The number of ether oxygens (including phenoxy) is 1. The monoisotopic (exact) mass is 153 g/mol. The van der Waals surface area contributed by atoms with Crippen LogP contribution >= 0.6 is 7.60 Å². The molecule has 0 rings (SSSR count). The van der Waals surface area contributed by atoms with Crippen molar-refractivity contribution < 1.29 is 23.9 Å². The van der Waals surface area contributed by atoms with Gasteiger partial charge in [0.2, 0.25) is 0 Å². The Hall–Kier alpha value is -0.380. The molecule has 9 heavy (non-hydrogen) atoms. The van der Waals surface area contributed by atoms with Gasteiger partial charge in [0.15, 0.2) is 0 Å². The molecule has 0 unspecified atom stereocenters. The van der Waals surface area contributed by atoms with Gasteiger partial charge in [-0.2, -0.15) is 0 Å². The van der Waals surface area contributed by atoms with Crippen LogP contribution in [0.25, 0.3) is 0 Å². The summed E-state index contributed by atoms with van der Waals surface area (Å²) in [6.07, 6.45) is -0.442. The highest BCUT2D eigenvalue weighted by atomic mass is 31.2. The molecule has 0 aliphatic carbocycles. The van der Waals surface area contributed by atoms with Crippen molar-refractivity contribution in [1.29, 1.82) is 0 Å². The Morgan fingerprint density at radius 1 is 1.56 bits per heavy atom. The van der Waals surface area contributed by atoms with Crippen LogP contribution in [0, 0.1) is 0 Å². The Balaban J connectivity index is 3.28. The van der Waals surface area contributed by atoms with Crippen LogP contribution in [0.4, 0.5) is 0 Å². The van der Waals surface area contributed by atoms with Crippen LogP contribution in [-0.4, -0.2) is 29.0 Å². The maximum absolute atomic E-state index is 9.99. The second-order valence-corrected chi connectivity index (χ2v) is 3.10. The number of rotatable bonds is 4. The van der Waals surface area contributed by atoms with Crippen molar-refractivity contribution in [3.05, 3.63) is 0 Å². The summed E-state index contributed by atoms with van der Waals surface area (Å²) in [6.45, 7) is 0.763. The van der Waals surface area contributed by atoms with Crippen molar-refractivity contribution in [3.63, 3.8) is 0 Å². The lowest BCUT2D eigenvalue weighted by molar-refractivity contribution is 0.284. The lowest BCUT2D eigenvalue weighted by Gasteiger charge is -1.99. The molecule has 0 fully saturated rings. The third kappa shape index (κ3) is 7.62. The minimum atomic E-state index is -4.00. The quantitative estimate of drug-likeness (QED) is 0.410. The molecular formula is C3H6O5P. The summed E-state index contributed by atoms with van der Waals surface area (Å²) in [5.41, 5.74) is 0. The van der Waals surface area contributed by atoms with Gasteiger partial charge >= 0.3 is 14.1 Å². The molecule has 0 aromatic carbocycles. The summed E-state index contributed by atoms with van der Waals surface area (Å²) < 4.78 is 13.9. The number of hydrogen-bond acceptors (Lipinski definition) is 3. The second kappa shape index (κ2) is 3.61. The first-order valence-corrected chi connectivity index (χ1v) is 3.89. The maximum atomic E-state index is 9.99. The molecule has 0 saturated heterocycles. The highest BCUT2D eigenvalue weighted by Crippen LogP contribution is 2.33. The van der Waals surface area contributed by atoms with Gasteiger partial charge in [-0.25, -0.2) is 4.79 Å². The van der Waals surface area contributed by atoms with Crippen LogP contribution in [0.15, 0.2) is 0 Å². The molecule has 1 radical (unpaired) electrons. The smallest absolute Gasteiger partial charge is 0.417 e. The Labute approximate surface area is 51.8 Å². The Morgan fingerprint density at radius 2 is 2.11 bits per heavy atom. The highest BCUT2D eigenvalue weighted by molar-refractivity contribution is 7.51. The van der Waals surface area contributed by atoms with Gasteiger partial charge in [0.05, 0.1) is 6.16 Å². The number of hydrogen-bond donors (Lipinski definition) is 2. The summed E-state index contributed by atoms with van der Waals surface area (Å²) in [4.78, 5) is 25.6. The van der Waals surface area contributed by atoms with Crippen LogP contribution in [0.5, 0.6) is 0 Å². The molecule has 6 heteroatoms. The van der Waals surface area contributed by atoms with Gasteiger partial charge in [0, 0.05) is 0 Å². The first-order valence-electron chi connectivity index (χ1n) is 2.10. The fourth-order valence-corrected chi connectivity index (χ4v) is 0.535. The molecule has 0 atom stereocenters. The summed E-state index contributed by atoms with van der Waals surface area (Å²) in [5.74, 6) is 0. The normalized spacial score (nSPS) is 10.9. The van der Waals surface area contributed by atoms with Gasteiger partial charge in [-0.3, -0.25) is 4.57 Å². The van der Waals surface area contributed by atoms with Crippen molar-refractivity contribution in [1.82, 2.24) is 0 Å². The predicted molar refractivity (Wildman–Crippen MR) is 28.6 cm³/mol. The fraction of sp³-hybridized carbons (Fsp3) is 0.667. The van der Waals surface area contributed by atoms with E-state index in [4.69, 9.17) is 9.79 Å². The van der Waals surface area contributed by atoms with Gasteiger partial charge < -0.3 is 14.5 Å².